The van der Waals surface area contributed by atoms with Gasteiger partial charge in [-0.3, -0.25) is 10.1 Å². The Kier molecular flexibility index (Phi) is 3.33. The van der Waals surface area contributed by atoms with Crippen LogP contribution in [0.3, 0.4) is 0 Å². The zero-order valence-electron chi connectivity index (χ0n) is 5.56. The minimum absolute atomic E-state index is 0. The van der Waals surface area contributed by atoms with Gasteiger partial charge in [0.2, 0.25) is 0 Å². The number of nitrogens with two attached hydrogens (primary N) is 1. The van der Waals surface area contributed by atoms with E-state index < -0.39 is 4.92 Å². The molecule has 11 heavy (non-hydrogen) atoms. The van der Waals surface area contributed by atoms with Crippen molar-refractivity contribution in [2.24, 2.45) is 0 Å². The highest BCUT2D eigenvalue weighted by molar-refractivity contribution is 5.85. The van der Waals surface area contributed by atoms with Gasteiger partial charge in [0.15, 0.2) is 0 Å². The van der Waals surface area contributed by atoms with E-state index in [0.29, 0.717) is 0 Å². The first-order valence-electron chi connectivity index (χ1n) is 2.70. The molecule has 0 aliphatic rings. The average Bonchev–Trinajstić information content (AvgIpc) is 1.88. The smallest absolute Gasteiger partial charge is 0.292 e. The highest BCUT2D eigenvalue weighted by Crippen LogP contribution is 2.18. The number of nitrogen functional groups attached to an aromatic ring is 1. The summed E-state index contributed by atoms with van der Waals surface area (Å²) in [5.74, 6) is 0. The maximum atomic E-state index is 10.1. The van der Waals surface area contributed by atoms with Gasteiger partial charge in [-0.25, -0.2) is 0 Å². The summed E-state index contributed by atoms with van der Waals surface area (Å²) in [6.45, 7) is 0. The van der Waals surface area contributed by atoms with Crippen LogP contribution in [-0.4, -0.2) is 4.92 Å². The molecule has 0 bridgehead atoms. The Hall–Kier alpha value is -1.29. The number of hydrogen-bond donors (Lipinski definition) is 1. The molecule has 0 radical (unpaired) electrons. The summed E-state index contributed by atoms with van der Waals surface area (Å²) in [6, 6.07) is 6.10. The SMILES string of the molecule is Cl.Nc1ccccc1[N+](=O)[O-]. The van der Waals surface area contributed by atoms with Gasteiger partial charge >= 0.3 is 0 Å². The van der Waals surface area contributed by atoms with Crippen LogP contribution in [0.15, 0.2) is 24.3 Å². The molecular weight excluding hydrogens is 168 g/mol. The number of nitro groups is 1. The molecule has 60 valence electrons. The van der Waals surface area contributed by atoms with Crippen LogP contribution in [0.1, 0.15) is 0 Å². The van der Waals surface area contributed by atoms with E-state index in [9.17, 15) is 10.1 Å². The number of nitrogens with zero attached hydrogens (tertiary/aromatic N) is 1. The Morgan fingerprint density at radius 1 is 1.36 bits per heavy atom. The summed E-state index contributed by atoms with van der Waals surface area (Å²) in [5.41, 5.74) is 5.44. The Labute approximate surface area is 69.6 Å². The fourth-order valence-electron chi connectivity index (χ4n) is 0.654. The molecule has 1 rings (SSSR count). The number of nitro benzene ring substituents is 1. The van der Waals surface area contributed by atoms with E-state index in [4.69, 9.17) is 5.73 Å². The normalized spacial score (nSPS) is 8.36. The number of anilines is 1. The first-order chi connectivity index (χ1) is 4.72. The first kappa shape index (κ1) is 9.71. The summed E-state index contributed by atoms with van der Waals surface area (Å²) in [6.07, 6.45) is 0. The summed E-state index contributed by atoms with van der Waals surface area (Å²) in [5, 5.41) is 10.1. The van der Waals surface area contributed by atoms with Gasteiger partial charge in [-0.2, -0.15) is 0 Å². The van der Waals surface area contributed by atoms with Crippen LogP contribution in [0.4, 0.5) is 11.4 Å². The summed E-state index contributed by atoms with van der Waals surface area (Å²) in [7, 11) is 0. The molecular formula is C6H7ClN2O2. The van der Waals surface area contributed by atoms with Gasteiger partial charge in [0, 0.05) is 6.07 Å². The van der Waals surface area contributed by atoms with E-state index in [-0.39, 0.29) is 23.8 Å². The van der Waals surface area contributed by atoms with Crippen molar-refractivity contribution in [3.63, 3.8) is 0 Å². The van der Waals surface area contributed by atoms with E-state index in [1.807, 2.05) is 0 Å². The molecule has 0 saturated heterocycles. The standard InChI is InChI=1S/C6H6N2O2.ClH/c7-5-3-1-2-4-6(5)8(9)10;/h1-4H,7H2;1H. The Morgan fingerprint density at radius 3 is 2.27 bits per heavy atom. The Bertz CT molecular complexity index is 265. The van der Waals surface area contributed by atoms with Crippen molar-refractivity contribution in [2.75, 3.05) is 5.73 Å². The summed E-state index contributed by atoms with van der Waals surface area (Å²) < 4.78 is 0. The number of hydrogen-bond acceptors (Lipinski definition) is 3. The molecule has 2 N–H and O–H groups in total. The second-order valence-electron chi connectivity index (χ2n) is 1.82. The van der Waals surface area contributed by atoms with Crippen molar-refractivity contribution in [2.45, 2.75) is 0 Å². The molecule has 0 unspecified atom stereocenters. The number of para-hydroxylation sites is 2. The fourth-order valence-corrected chi connectivity index (χ4v) is 0.654. The predicted octanol–water partition coefficient (Wildman–Crippen LogP) is 1.60. The van der Waals surface area contributed by atoms with Crippen molar-refractivity contribution in [3.05, 3.63) is 34.4 Å². The van der Waals surface area contributed by atoms with Crippen molar-refractivity contribution in [1.29, 1.82) is 0 Å². The molecule has 0 fully saturated rings. The van der Waals surface area contributed by atoms with Crippen LogP contribution >= 0.6 is 12.4 Å². The van der Waals surface area contributed by atoms with Gasteiger partial charge in [0.25, 0.3) is 5.69 Å². The molecule has 1 aromatic rings. The van der Waals surface area contributed by atoms with Gasteiger partial charge < -0.3 is 5.73 Å². The first-order valence-corrected chi connectivity index (χ1v) is 2.70. The van der Waals surface area contributed by atoms with Crippen LogP contribution in [0, 0.1) is 10.1 Å². The van der Waals surface area contributed by atoms with E-state index in [2.05, 4.69) is 0 Å². The van der Waals surface area contributed by atoms with E-state index in [1.165, 1.54) is 12.1 Å². The largest absolute Gasteiger partial charge is 0.393 e. The minimum atomic E-state index is -0.505. The summed E-state index contributed by atoms with van der Waals surface area (Å²) in [4.78, 5) is 9.64. The lowest BCUT2D eigenvalue weighted by atomic mass is 10.3. The third-order valence-corrected chi connectivity index (χ3v) is 1.13. The molecule has 4 nitrogen and oxygen atoms in total. The third kappa shape index (κ3) is 2.09. The molecule has 1 aromatic carbocycles. The van der Waals surface area contributed by atoms with Crippen molar-refractivity contribution in [1.82, 2.24) is 0 Å². The highest BCUT2D eigenvalue weighted by atomic mass is 35.5. The van der Waals surface area contributed by atoms with Gasteiger partial charge in [0.05, 0.1) is 4.92 Å². The monoisotopic (exact) mass is 174 g/mol. The van der Waals surface area contributed by atoms with Gasteiger partial charge in [0.1, 0.15) is 5.69 Å². The number of halogens is 1. The predicted molar refractivity (Wildman–Crippen MR) is 44.8 cm³/mol. The maximum Gasteiger partial charge on any atom is 0.292 e. The Balaban J connectivity index is 0.000001000. The second-order valence-corrected chi connectivity index (χ2v) is 1.82. The molecule has 0 aliphatic carbocycles. The van der Waals surface area contributed by atoms with E-state index >= 15 is 0 Å². The van der Waals surface area contributed by atoms with Crippen molar-refractivity contribution in [3.8, 4) is 0 Å². The number of rotatable bonds is 1. The van der Waals surface area contributed by atoms with E-state index in [0.717, 1.165) is 0 Å². The maximum absolute atomic E-state index is 10.1. The van der Waals surface area contributed by atoms with Crippen LogP contribution in [0.25, 0.3) is 0 Å². The van der Waals surface area contributed by atoms with Crippen LogP contribution in [-0.2, 0) is 0 Å². The highest BCUT2D eigenvalue weighted by Gasteiger charge is 2.07. The molecule has 0 saturated carbocycles. The number of benzene rings is 1. The molecule has 0 aromatic heterocycles. The lowest BCUT2D eigenvalue weighted by molar-refractivity contribution is -0.383. The molecule has 0 amide bonds. The van der Waals surface area contributed by atoms with Gasteiger partial charge in [-0.1, -0.05) is 12.1 Å². The second kappa shape index (κ2) is 3.78. The summed E-state index contributed by atoms with van der Waals surface area (Å²) >= 11 is 0. The zero-order chi connectivity index (χ0) is 7.56. The molecule has 0 aliphatic heterocycles. The van der Waals surface area contributed by atoms with Crippen LogP contribution in [0.2, 0.25) is 0 Å². The molecule has 0 atom stereocenters. The quantitative estimate of drug-likeness (QED) is 0.399. The van der Waals surface area contributed by atoms with Crippen molar-refractivity contribution < 1.29 is 4.92 Å². The van der Waals surface area contributed by atoms with Gasteiger partial charge in [-0.15, -0.1) is 12.4 Å². The molecule has 5 heteroatoms. The Morgan fingerprint density at radius 2 is 1.91 bits per heavy atom. The van der Waals surface area contributed by atoms with Crippen molar-refractivity contribution >= 4 is 23.8 Å². The van der Waals surface area contributed by atoms with E-state index in [1.54, 1.807) is 12.1 Å². The molecule has 0 spiro atoms. The lowest BCUT2D eigenvalue weighted by Crippen LogP contribution is -1.93. The molecule has 0 heterocycles. The van der Waals surface area contributed by atoms with Gasteiger partial charge in [-0.05, 0) is 6.07 Å². The topological polar surface area (TPSA) is 69.2 Å². The fraction of sp³-hybridized carbons (Fsp3) is 0. The third-order valence-electron chi connectivity index (χ3n) is 1.13. The van der Waals surface area contributed by atoms with Crippen LogP contribution < -0.4 is 5.73 Å². The average molecular weight is 175 g/mol. The lowest BCUT2D eigenvalue weighted by Gasteiger charge is -1.92. The van der Waals surface area contributed by atoms with Crippen LogP contribution in [0.5, 0.6) is 0 Å². The minimum Gasteiger partial charge on any atom is -0.393 e. The zero-order valence-corrected chi connectivity index (χ0v) is 6.38.